The molecule has 1 fully saturated rings. The largest absolute Gasteiger partial charge is 0.497 e. The Bertz CT molecular complexity index is 1340. The number of allylic oxidation sites excluding steroid dienone is 2. The van der Waals surface area contributed by atoms with E-state index >= 15 is 0 Å². The number of methoxy groups -OCH3 is 1. The van der Waals surface area contributed by atoms with Crippen LogP contribution in [0.5, 0.6) is 11.5 Å². The van der Waals surface area contributed by atoms with E-state index in [2.05, 4.69) is 25.1 Å². The third-order valence-corrected chi connectivity index (χ3v) is 7.55. The molecule has 1 saturated carbocycles. The minimum absolute atomic E-state index is 0.0195. The number of carboxylic acid groups (broad SMARTS) is 1. The second-order valence-corrected chi connectivity index (χ2v) is 10.6. The fourth-order valence-electron chi connectivity index (χ4n) is 5.35. The van der Waals surface area contributed by atoms with Gasteiger partial charge in [0, 0.05) is 5.56 Å². The monoisotopic (exact) mass is 505 g/mol. The van der Waals surface area contributed by atoms with Gasteiger partial charge >= 0.3 is 5.97 Å². The first-order chi connectivity index (χ1) is 17.8. The summed E-state index contributed by atoms with van der Waals surface area (Å²) in [7, 11) is 1.54. The van der Waals surface area contributed by atoms with Gasteiger partial charge in [0.1, 0.15) is 29.6 Å². The molecule has 2 aromatic carbocycles. The number of hydrogen-bond acceptors (Lipinski definition) is 5. The van der Waals surface area contributed by atoms with Crippen LogP contribution in [0.1, 0.15) is 68.8 Å². The Morgan fingerprint density at radius 1 is 1.22 bits per heavy atom. The van der Waals surface area contributed by atoms with Gasteiger partial charge in [-0.1, -0.05) is 37.2 Å². The van der Waals surface area contributed by atoms with Gasteiger partial charge in [-0.15, -0.1) is 0 Å². The summed E-state index contributed by atoms with van der Waals surface area (Å²) in [6.07, 6.45) is 6.28. The number of nitrogens with zero attached hydrogens (tertiary/aromatic N) is 1. The second-order valence-electron chi connectivity index (χ2n) is 10.6. The van der Waals surface area contributed by atoms with Gasteiger partial charge in [-0.25, -0.2) is 4.39 Å². The second kappa shape index (κ2) is 10.0. The van der Waals surface area contributed by atoms with Gasteiger partial charge in [0.05, 0.1) is 19.1 Å². The summed E-state index contributed by atoms with van der Waals surface area (Å²) in [6, 6.07) is 12.2. The van der Waals surface area contributed by atoms with Crippen molar-refractivity contribution in [1.29, 1.82) is 0 Å². The molecule has 0 unspecified atom stereocenters. The zero-order valence-electron chi connectivity index (χ0n) is 21.4. The third kappa shape index (κ3) is 5.26. The number of benzene rings is 2. The topological polar surface area (TPSA) is 81.8 Å². The Morgan fingerprint density at radius 3 is 2.70 bits per heavy atom. The van der Waals surface area contributed by atoms with E-state index in [4.69, 9.17) is 14.0 Å². The molecule has 2 aliphatic rings. The molecule has 1 aromatic heterocycles. The van der Waals surface area contributed by atoms with Crippen molar-refractivity contribution in [1.82, 2.24) is 5.16 Å². The summed E-state index contributed by atoms with van der Waals surface area (Å²) in [5.74, 6) is 0.873. The molecule has 3 aromatic rings. The molecule has 5 rings (SSSR count). The number of aliphatic carboxylic acids is 1. The summed E-state index contributed by atoms with van der Waals surface area (Å²) in [6.45, 7) is 4.44. The quantitative estimate of drug-likeness (QED) is 0.313. The van der Waals surface area contributed by atoms with E-state index in [1.807, 2.05) is 24.3 Å². The van der Waals surface area contributed by atoms with Crippen LogP contribution in [0.15, 0.2) is 53.1 Å². The predicted molar refractivity (Wildman–Crippen MR) is 138 cm³/mol. The highest BCUT2D eigenvalue weighted by atomic mass is 19.1. The zero-order chi connectivity index (χ0) is 26.2. The molecule has 1 heterocycles. The van der Waals surface area contributed by atoms with Crippen molar-refractivity contribution in [3.05, 3.63) is 71.2 Å². The molecule has 6 nitrogen and oxygen atoms in total. The highest BCUT2D eigenvalue weighted by Crippen LogP contribution is 2.49. The van der Waals surface area contributed by atoms with Crippen molar-refractivity contribution < 1.29 is 28.3 Å². The summed E-state index contributed by atoms with van der Waals surface area (Å²) >= 11 is 0. The van der Waals surface area contributed by atoms with Crippen molar-refractivity contribution >= 4 is 11.5 Å². The Balaban J connectivity index is 1.47. The molecule has 0 bridgehead atoms. The molecule has 7 heteroatoms. The molecule has 0 radical (unpaired) electrons. The van der Waals surface area contributed by atoms with Crippen molar-refractivity contribution in [2.24, 2.45) is 11.3 Å². The average Bonchev–Trinajstić information content (AvgIpc) is 3.54. The lowest BCUT2D eigenvalue weighted by molar-refractivity contribution is -0.137. The normalized spacial score (nSPS) is 17.4. The number of ether oxygens (including phenoxy) is 2. The summed E-state index contributed by atoms with van der Waals surface area (Å²) in [4.78, 5) is 11.4. The van der Waals surface area contributed by atoms with Crippen LogP contribution >= 0.6 is 0 Å². The fourth-order valence-corrected chi connectivity index (χ4v) is 5.35. The van der Waals surface area contributed by atoms with Crippen LogP contribution in [0.4, 0.5) is 4.39 Å². The van der Waals surface area contributed by atoms with Crippen molar-refractivity contribution in [2.75, 3.05) is 7.11 Å². The summed E-state index contributed by atoms with van der Waals surface area (Å²) in [5.41, 5.74) is 3.41. The molecular formula is C30H32FNO5. The minimum Gasteiger partial charge on any atom is -0.497 e. The molecular weight excluding hydrogens is 473 g/mol. The number of aromatic nitrogens is 1. The van der Waals surface area contributed by atoms with Crippen molar-refractivity contribution in [2.45, 2.75) is 58.5 Å². The summed E-state index contributed by atoms with van der Waals surface area (Å²) < 4.78 is 32.2. The van der Waals surface area contributed by atoms with Gasteiger partial charge in [-0.3, -0.25) is 4.79 Å². The SMILES string of the molecule is COc1ccc(F)c(-c2noc(COc3cccc([C@@H](CC(=O)O)C4CC4)c3)c2C2=CCCC2(C)C)c1. The lowest BCUT2D eigenvalue weighted by Gasteiger charge is -2.23. The summed E-state index contributed by atoms with van der Waals surface area (Å²) in [5, 5.41) is 13.7. The minimum atomic E-state index is -0.792. The average molecular weight is 506 g/mol. The van der Waals surface area contributed by atoms with Crippen molar-refractivity contribution in [3.8, 4) is 22.8 Å². The number of hydrogen-bond donors (Lipinski definition) is 1. The Hall–Kier alpha value is -3.61. The maximum Gasteiger partial charge on any atom is 0.303 e. The van der Waals surface area contributed by atoms with E-state index < -0.39 is 11.8 Å². The molecule has 0 aliphatic heterocycles. The first kappa shape index (κ1) is 25.1. The van der Waals surface area contributed by atoms with Crippen molar-refractivity contribution in [3.63, 3.8) is 0 Å². The molecule has 2 aliphatic carbocycles. The van der Waals surface area contributed by atoms with E-state index in [1.54, 1.807) is 19.2 Å². The van der Waals surface area contributed by atoms with Crippen LogP contribution < -0.4 is 9.47 Å². The lowest BCUT2D eigenvalue weighted by Crippen LogP contribution is -2.11. The van der Waals surface area contributed by atoms with Gasteiger partial charge in [0.2, 0.25) is 0 Å². The molecule has 1 N–H and O–H groups in total. The van der Waals surface area contributed by atoms with E-state index in [0.29, 0.717) is 34.4 Å². The molecule has 37 heavy (non-hydrogen) atoms. The van der Waals surface area contributed by atoms with Gasteiger partial charge < -0.3 is 19.1 Å². The molecule has 194 valence electrons. The third-order valence-electron chi connectivity index (χ3n) is 7.55. The van der Waals surface area contributed by atoms with Gasteiger partial charge in [-0.2, -0.15) is 0 Å². The van der Waals surface area contributed by atoms with E-state index in [9.17, 15) is 14.3 Å². The highest BCUT2D eigenvalue weighted by Gasteiger charge is 2.35. The van der Waals surface area contributed by atoms with E-state index in [1.165, 1.54) is 6.07 Å². The first-order valence-electron chi connectivity index (χ1n) is 12.7. The molecule has 0 spiro atoms. The molecule has 0 amide bonds. The standard InChI is InChI=1S/C30H32FNO5/c1-30(2)13-5-8-24(30)28-26(37-32-29(28)23-15-20(35-3)11-12-25(23)31)17-36-21-7-4-6-19(14-21)22(16-27(33)34)18-9-10-18/h4,6-8,11-12,14-15,18,22H,5,9-10,13,16-17H2,1-3H3,(H,33,34)/t22-/m0/s1. The fraction of sp³-hybridized carbons (Fsp3) is 0.400. The highest BCUT2D eigenvalue weighted by molar-refractivity contribution is 5.83. The van der Waals surface area contributed by atoms with Crippen LogP contribution in [0.3, 0.4) is 0 Å². The zero-order valence-corrected chi connectivity index (χ0v) is 21.4. The Kier molecular flexibility index (Phi) is 6.80. The van der Waals surface area contributed by atoms with Crippen LogP contribution in [0.2, 0.25) is 0 Å². The van der Waals surface area contributed by atoms with Crippen LogP contribution in [0.25, 0.3) is 16.8 Å². The van der Waals surface area contributed by atoms with Gasteiger partial charge in [0.15, 0.2) is 5.76 Å². The first-order valence-corrected chi connectivity index (χ1v) is 12.7. The molecule has 1 atom stereocenters. The maximum absolute atomic E-state index is 15.0. The lowest BCUT2D eigenvalue weighted by atomic mass is 9.80. The molecule has 0 saturated heterocycles. The number of carbonyl (C=O) groups is 1. The van der Waals surface area contributed by atoms with Crippen LogP contribution in [0, 0.1) is 17.2 Å². The smallest absolute Gasteiger partial charge is 0.303 e. The van der Waals surface area contributed by atoms with Gasteiger partial charge in [-0.05, 0) is 84.4 Å². The predicted octanol–water partition coefficient (Wildman–Crippen LogP) is 7.24. The maximum atomic E-state index is 15.0. The van der Waals surface area contributed by atoms with Crippen LogP contribution in [-0.2, 0) is 11.4 Å². The van der Waals surface area contributed by atoms with Gasteiger partial charge in [0.25, 0.3) is 0 Å². The number of halogens is 1. The number of carboxylic acids is 1. The van der Waals surface area contributed by atoms with E-state index in [-0.39, 0.29) is 24.4 Å². The Morgan fingerprint density at radius 2 is 2.03 bits per heavy atom. The van der Waals surface area contributed by atoms with Crippen LogP contribution in [-0.4, -0.2) is 23.3 Å². The Labute approximate surface area is 216 Å². The number of rotatable bonds is 10. The van der Waals surface area contributed by atoms with E-state index in [0.717, 1.165) is 42.4 Å².